The zero-order valence-electron chi connectivity index (χ0n) is 10.4. The van der Waals surface area contributed by atoms with Gasteiger partial charge in [-0.2, -0.15) is 5.26 Å². The van der Waals surface area contributed by atoms with E-state index in [1.807, 2.05) is 0 Å². The van der Waals surface area contributed by atoms with Gasteiger partial charge in [0.05, 0.1) is 24.8 Å². The fourth-order valence-electron chi connectivity index (χ4n) is 2.25. The Kier molecular flexibility index (Phi) is 4.06. The second-order valence-corrected chi connectivity index (χ2v) is 4.54. The largest absolute Gasteiger partial charge is 0.493 e. The Labute approximate surface area is 107 Å². The Hall–Kier alpha value is -1.73. The van der Waals surface area contributed by atoms with Crippen LogP contribution in [0, 0.1) is 11.3 Å². The molecule has 1 aliphatic rings. The van der Waals surface area contributed by atoms with E-state index in [0.29, 0.717) is 23.5 Å². The molecule has 96 valence electrons. The minimum atomic E-state index is -0.283. The molecular formula is C14H17NO3. The van der Waals surface area contributed by atoms with Crippen molar-refractivity contribution in [3.63, 3.8) is 0 Å². The third-order valence-corrected chi connectivity index (χ3v) is 3.18. The first-order valence-electron chi connectivity index (χ1n) is 6.16. The van der Waals surface area contributed by atoms with Gasteiger partial charge in [-0.25, -0.2) is 0 Å². The number of methoxy groups -OCH3 is 1. The second-order valence-electron chi connectivity index (χ2n) is 4.54. The molecule has 0 bridgehead atoms. The molecule has 0 aliphatic heterocycles. The fraction of sp³-hybridized carbons (Fsp3) is 0.500. The van der Waals surface area contributed by atoms with Gasteiger partial charge in [0.1, 0.15) is 6.10 Å². The van der Waals surface area contributed by atoms with Crippen molar-refractivity contribution >= 4 is 0 Å². The highest BCUT2D eigenvalue weighted by atomic mass is 16.5. The molecule has 1 aliphatic carbocycles. The number of benzene rings is 1. The molecule has 0 heterocycles. The molecule has 2 atom stereocenters. The lowest BCUT2D eigenvalue weighted by Gasteiger charge is -2.27. The molecular weight excluding hydrogens is 230 g/mol. The number of rotatable bonds is 3. The SMILES string of the molecule is COc1ccc(C#N)cc1OC1CCCC(O)C1. The minimum absolute atomic E-state index is 0.00315. The number of nitriles is 1. The number of hydrogen-bond donors (Lipinski definition) is 1. The topological polar surface area (TPSA) is 62.5 Å². The molecule has 1 aromatic carbocycles. The van der Waals surface area contributed by atoms with Crippen molar-refractivity contribution in [1.82, 2.24) is 0 Å². The van der Waals surface area contributed by atoms with Gasteiger partial charge in [-0.05, 0) is 31.4 Å². The summed E-state index contributed by atoms with van der Waals surface area (Å²) < 4.78 is 11.1. The summed E-state index contributed by atoms with van der Waals surface area (Å²) in [7, 11) is 1.57. The lowest BCUT2D eigenvalue weighted by molar-refractivity contribution is 0.0523. The maximum Gasteiger partial charge on any atom is 0.162 e. The van der Waals surface area contributed by atoms with Crippen molar-refractivity contribution in [3.05, 3.63) is 23.8 Å². The molecule has 0 radical (unpaired) electrons. The lowest BCUT2D eigenvalue weighted by Crippen LogP contribution is -2.28. The normalized spacial score (nSPS) is 23.2. The van der Waals surface area contributed by atoms with Crippen molar-refractivity contribution in [2.75, 3.05) is 7.11 Å². The quantitative estimate of drug-likeness (QED) is 0.889. The zero-order valence-corrected chi connectivity index (χ0v) is 10.4. The van der Waals surface area contributed by atoms with Crippen LogP contribution in [0.5, 0.6) is 11.5 Å². The van der Waals surface area contributed by atoms with E-state index in [0.717, 1.165) is 19.3 Å². The van der Waals surface area contributed by atoms with Crippen LogP contribution in [-0.4, -0.2) is 24.4 Å². The highest BCUT2D eigenvalue weighted by molar-refractivity contribution is 5.46. The summed E-state index contributed by atoms with van der Waals surface area (Å²) in [5, 5.41) is 18.5. The van der Waals surface area contributed by atoms with Crippen LogP contribution >= 0.6 is 0 Å². The highest BCUT2D eigenvalue weighted by Gasteiger charge is 2.22. The van der Waals surface area contributed by atoms with Crippen LogP contribution in [0.15, 0.2) is 18.2 Å². The Morgan fingerprint density at radius 2 is 2.17 bits per heavy atom. The molecule has 0 spiro atoms. The van der Waals surface area contributed by atoms with Gasteiger partial charge in [0.2, 0.25) is 0 Å². The summed E-state index contributed by atoms with van der Waals surface area (Å²) in [6.07, 6.45) is 3.09. The van der Waals surface area contributed by atoms with Crippen molar-refractivity contribution < 1.29 is 14.6 Å². The zero-order chi connectivity index (χ0) is 13.0. The van der Waals surface area contributed by atoms with E-state index >= 15 is 0 Å². The molecule has 1 fully saturated rings. The fourth-order valence-corrected chi connectivity index (χ4v) is 2.25. The van der Waals surface area contributed by atoms with Crippen molar-refractivity contribution in [2.45, 2.75) is 37.9 Å². The van der Waals surface area contributed by atoms with Crippen LogP contribution < -0.4 is 9.47 Å². The molecule has 4 heteroatoms. The molecule has 2 rings (SSSR count). The maximum atomic E-state index is 9.62. The number of aliphatic hydroxyl groups is 1. The van der Waals surface area contributed by atoms with Crippen LogP contribution in [0.3, 0.4) is 0 Å². The van der Waals surface area contributed by atoms with Crippen LogP contribution in [0.1, 0.15) is 31.2 Å². The molecule has 1 saturated carbocycles. The smallest absolute Gasteiger partial charge is 0.162 e. The molecule has 1 aromatic rings. The molecule has 18 heavy (non-hydrogen) atoms. The van der Waals surface area contributed by atoms with E-state index in [9.17, 15) is 5.11 Å². The first-order valence-corrected chi connectivity index (χ1v) is 6.16. The Morgan fingerprint density at radius 3 is 2.83 bits per heavy atom. The standard InChI is InChI=1S/C14H17NO3/c1-17-13-6-5-10(9-15)7-14(13)18-12-4-2-3-11(16)8-12/h5-7,11-12,16H,2-4,8H2,1H3. The van der Waals surface area contributed by atoms with Crippen LogP contribution in [0.25, 0.3) is 0 Å². The van der Waals surface area contributed by atoms with Gasteiger partial charge in [-0.1, -0.05) is 0 Å². The van der Waals surface area contributed by atoms with E-state index < -0.39 is 0 Å². The molecule has 4 nitrogen and oxygen atoms in total. The first kappa shape index (κ1) is 12.7. The third-order valence-electron chi connectivity index (χ3n) is 3.18. The van der Waals surface area contributed by atoms with E-state index in [1.54, 1.807) is 25.3 Å². The first-order chi connectivity index (χ1) is 8.72. The van der Waals surface area contributed by atoms with E-state index in [2.05, 4.69) is 6.07 Å². The Bertz CT molecular complexity index is 453. The summed E-state index contributed by atoms with van der Waals surface area (Å²) in [5.74, 6) is 1.20. The number of nitrogens with zero attached hydrogens (tertiary/aromatic N) is 1. The summed E-state index contributed by atoms with van der Waals surface area (Å²) in [4.78, 5) is 0. The monoisotopic (exact) mass is 247 g/mol. The summed E-state index contributed by atoms with van der Waals surface area (Å²) in [6, 6.07) is 7.19. The third kappa shape index (κ3) is 2.93. The van der Waals surface area contributed by atoms with Gasteiger partial charge < -0.3 is 14.6 Å². The number of ether oxygens (including phenoxy) is 2. The van der Waals surface area contributed by atoms with Crippen LogP contribution in [0.2, 0.25) is 0 Å². The van der Waals surface area contributed by atoms with Crippen LogP contribution in [-0.2, 0) is 0 Å². The minimum Gasteiger partial charge on any atom is -0.493 e. The highest BCUT2D eigenvalue weighted by Crippen LogP contribution is 2.31. The van der Waals surface area contributed by atoms with Gasteiger partial charge in [-0.15, -0.1) is 0 Å². The molecule has 1 N–H and O–H groups in total. The van der Waals surface area contributed by atoms with Gasteiger partial charge in [0.15, 0.2) is 11.5 Å². The van der Waals surface area contributed by atoms with Crippen molar-refractivity contribution in [3.8, 4) is 17.6 Å². The average molecular weight is 247 g/mol. The Balaban J connectivity index is 2.14. The van der Waals surface area contributed by atoms with E-state index in [1.165, 1.54) is 0 Å². The van der Waals surface area contributed by atoms with E-state index in [4.69, 9.17) is 14.7 Å². The van der Waals surface area contributed by atoms with E-state index in [-0.39, 0.29) is 12.2 Å². The molecule has 2 unspecified atom stereocenters. The van der Waals surface area contributed by atoms with Gasteiger partial charge >= 0.3 is 0 Å². The number of aliphatic hydroxyl groups excluding tert-OH is 1. The van der Waals surface area contributed by atoms with Crippen molar-refractivity contribution in [2.24, 2.45) is 0 Å². The lowest BCUT2D eigenvalue weighted by atomic mass is 9.95. The Morgan fingerprint density at radius 1 is 1.33 bits per heavy atom. The summed E-state index contributed by atoms with van der Waals surface area (Å²) >= 11 is 0. The predicted octanol–water partition coefficient (Wildman–Crippen LogP) is 2.25. The maximum absolute atomic E-state index is 9.62. The van der Waals surface area contributed by atoms with Gasteiger partial charge in [0.25, 0.3) is 0 Å². The predicted molar refractivity (Wildman–Crippen MR) is 66.6 cm³/mol. The summed E-state index contributed by atoms with van der Waals surface area (Å²) in [6.45, 7) is 0. The molecule has 0 aromatic heterocycles. The van der Waals surface area contributed by atoms with Gasteiger partial charge in [-0.3, -0.25) is 0 Å². The van der Waals surface area contributed by atoms with Crippen molar-refractivity contribution in [1.29, 1.82) is 5.26 Å². The summed E-state index contributed by atoms with van der Waals surface area (Å²) in [5.41, 5.74) is 0.544. The second kappa shape index (κ2) is 5.74. The van der Waals surface area contributed by atoms with Crippen LogP contribution in [0.4, 0.5) is 0 Å². The average Bonchev–Trinajstić information content (AvgIpc) is 2.38. The molecule has 0 amide bonds. The molecule has 0 saturated heterocycles. The number of hydrogen-bond acceptors (Lipinski definition) is 4. The van der Waals surface area contributed by atoms with Gasteiger partial charge in [0, 0.05) is 12.5 Å².